The van der Waals surface area contributed by atoms with Crippen molar-refractivity contribution in [2.75, 3.05) is 33.2 Å². The molecule has 3 aliphatic rings. The number of hydrogen-bond acceptors (Lipinski definition) is 3. The molecule has 3 fully saturated rings. The predicted octanol–water partition coefficient (Wildman–Crippen LogP) is 0.393. The van der Waals surface area contributed by atoms with Crippen LogP contribution in [0.3, 0.4) is 0 Å². The zero-order valence-corrected chi connectivity index (χ0v) is 9.60. The minimum absolute atomic E-state index is 0.0273. The van der Waals surface area contributed by atoms with Crippen LogP contribution in [-0.2, 0) is 0 Å². The van der Waals surface area contributed by atoms with Crippen molar-refractivity contribution in [3.05, 3.63) is 0 Å². The molecule has 3 rings (SSSR count). The van der Waals surface area contributed by atoms with Crippen LogP contribution in [0.4, 0.5) is 0 Å². The van der Waals surface area contributed by atoms with Crippen LogP contribution in [0.15, 0.2) is 0 Å². The maximum Gasteiger partial charge on any atom is 0.0648 e. The molecule has 0 aromatic carbocycles. The van der Waals surface area contributed by atoms with Crippen LogP contribution in [0.2, 0.25) is 0 Å². The zero-order chi connectivity index (χ0) is 10.4. The lowest BCUT2D eigenvalue weighted by Crippen LogP contribution is -2.64. The molecule has 15 heavy (non-hydrogen) atoms. The molecule has 2 bridgehead atoms. The van der Waals surface area contributed by atoms with Crippen molar-refractivity contribution in [1.82, 2.24) is 9.80 Å². The van der Waals surface area contributed by atoms with Gasteiger partial charge in [0.1, 0.15) is 0 Å². The van der Waals surface area contributed by atoms with Gasteiger partial charge in [0.2, 0.25) is 0 Å². The Morgan fingerprint density at radius 3 is 2.87 bits per heavy atom. The molecule has 0 aliphatic carbocycles. The second-order valence-electron chi connectivity index (χ2n) is 5.69. The first-order valence-corrected chi connectivity index (χ1v) is 6.36. The Hall–Kier alpha value is -0.120. The fraction of sp³-hybridized carbons (Fsp3) is 1.00. The fourth-order valence-corrected chi connectivity index (χ4v) is 3.94. The van der Waals surface area contributed by atoms with Gasteiger partial charge in [0, 0.05) is 37.5 Å². The van der Waals surface area contributed by atoms with E-state index in [0.29, 0.717) is 17.9 Å². The first kappa shape index (κ1) is 10.1. The van der Waals surface area contributed by atoms with Gasteiger partial charge < -0.3 is 10.0 Å². The zero-order valence-electron chi connectivity index (χ0n) is 9.60. The number of piperidine rings is 3. The summed E-state index contributed by atoms with van der Waals surface area (Å²) in [5.74, 6) is 1.02. The maximum atomic E-state index is 10.3. The highest BCUT2D eigenvalue weighted by Gasteiger charge is 2.46. The SMILES string of the molecule is CN1C[C@H]2CN3CCCC[C@@H]3[C@@H](C1)[C@@H]2O. The highest BCUT2D eigenvalue weighted by molar-refractivity contribution is 5.00. The molecule has 0 aromatic heterocycles. The number of nitrogens with zero attached hydrogens (tertiary/aromatic N) is 2. The Balaban J connectivity index is 1.82. The lowest BCUT2D eigenvalue weighted by molar-refractivity contribution is -0.112. The summed E-state index contributed by atoms with van der Waals surface area (Å²) in [5.41, 5.74) is 0. The summed E-state index contributed by atoms with van der Waals surface area (Å²) in [5, 5.41) is 10.3. The largest absolute Gasteiger partial charge is 0.392 e. The Morgan fingerprint density at radius 2 is 2.00 bits per heavy atom. The minimum atomic E-state index is -0.0273. The molecule has 0 unspecified atom stereocenters. The summed E-state index contributed by atoms with van der Waals surface area (Å²) in [6.07, 6.45) is 4.00. The molecule has 4 atom stereocenters. The molecule has 1 N–H and O–H groups in total. The molecule has 0 aromatic rings. The van der Waals surface area contributed by atoms with Gasteiger partial charge in [-0.1, -0.05) is 6.42 Å². The van der Waals surface area contributed by atoms with Gasteiger partial charge in [-0.2, -0.15) is 0 Å². The van der Waals surface area contributed by atoms with Crippen LogP contribution >= 0.6 is 0 Å². The predicted molar refractivity (Wildman–Crippen MR) is 59.7 cm³/mol. The Bertz CT molecular complexity index is 246. The van der Waals surface area contributed by atoms with Crippen molar-refractivity contribution in [2.45, 2.75) is 31.4 Å². The average Bonchev–Trinajstić information content (AvgIpc) is 2.21. The molecule has 3 heteroatoms. The van der Waals surface area contributed by atoms with Gasteiger partial charge in [-0.25, -0.2) is 0 Å². The molecule has 3 aliphatic heterocycles. The number of fused-ring (bicyclic) bond motifs is 4. The first-order chi connectivity index (χ1) is 7.25. The van der Waals surface area contributed by atoms with Crippen molar-refractivity contribution < 1.29 is 5.11 Å². The van der Waals surface area contributed by atoms with E-state index in [9.17, 15) is 5.11 Å². The number of rotatable bonds is 0. The van der Waals surface area contributed by atoms with Gasteiger partial charge in [0.15, 0.2) is 0 Å². The fourth-order valence-electron chi connectivity index (χ4n) is 3.94. The van der Waals surface area contributed by atoms with Crippen molar-refractivity contribution in [3.8, 4) is 0 Å². The van der Waals surface area contributed by atoms with Crippen LogP contribution in [0.5, 0.6) is 0 Å². The number of hydrogen-bond donors (Lipinski definition) is 1. The van der Waals surface area contributed by atoms with Crippen LogP contribution in [0.25, 0.3) is 0 Å². The number of aliphatic hydroxyl groups excluding tert-OH is 1. The standard InChI is InChI=1S/C12H22N2O/c1-13-6-9-7-14-5-3-2-4-11(14)10(8-13)12(9)15/h9-12,15H,2-8H2,1H3/t9-,10+,11+,12+/m0/s1. The molecule has 0 spiro atoms. The molecule has 0 amide bonds. The number of aliphatic hydroxyl groups is 1. The van der Waals surface area contributed by atoms with E-state index in [1.54, 1.807) is 0 Å². The quantitative estimate of drug-likeness (QED) is 0.627. The van der Waals surface area contributed by atoms with E-state index in [2.05, 4.69) is 16.8 Å². The van der Waals surface area contributed by atoms with Crippen LogP contribution < -0.4 is 0 Å². The molecule has 0 saturated carbocycles. The first-order valence-electron chi connectivity index (χ1n) is 6.36. The van der Waals surface area contributed by atoms with E-state index in [0.717, 1.165) is 19.6 Å². The molecule has 3 nitrogen and oxygen atoms in total. The monoisotopic (exact) mass is 210 g/mol. The Morgan fingerprint density at radius 1 is 1.13 bits per heavy atom. The van der Waals surface area contributed by atoms with Gasteiger partial charge >= 0.3 is 0 Å². The van der Waals surface area contributed by atoms with E-state index >= 15 is 0 Å². The molecular weight excluding hydrogens is 188 g/mol. The van der Waals surface area contributed by atoms with E-state index in [1.807, 2.05) is 0 Å². The normalized spacial score (nSPS) is 47.6. The second-order valence-corrected chi connectivity index (χ2v) is 5.69. The van der Waals surface area contributed by atoms with Gasteiger partial charge in [0.05, 0.1) is 6.10 Å². The van der Waals surface area contributed by atoms with Gasteiger partial charge in [-0.15, -0.1) is 0 Å². The van der Waals surface area contributed by atoms with Crippen molar-refractivity contribution in [2.24, 2.45) is 11.8 Å². The van der Waals surface area contributed by atoms with E-state index in [-0.39, 0.29) is 6.10 Å². The lowest BCUT2D eigenvalue weighted by atomic mass is 9.74. The summed E-state index contributed by atoms with van der Waals surface area (Å²) < 4.78 is 0. The highest BCUT2D eigenvalue weighted by atomic mass is 16.3. The minimum Gasteiger partial charge on any atom is -0.392 e. The van der Waals surface area contributed by atoms with Gasteiger partial charge in [-0.3, -0.25) is 4.90 Å². The molecule has 0 radical (unpaired) electrons. The Kier molecular flexibility index (Phi) is 2.49. The molecular formula is C12H22N2O. The summed E-state index contributed by atoms with van der Waals surface area (Å²) in [7, 11) is 2.20. The Labute approximate surface area is 92.1 Å². The third-order valence-electron chi connectivity index (χ3n) is 4.62. The molecule has 3 saturated heterocycles. The summed E-state index contributed by atoms with van der Waals surface area (Å²) >= 11 is 0. The average molecular weight is 210 g/mol. The van der Waals surface area contributed by atoms with Crippen molar-refractivity contribution in [1.29, 1.82) is 0 Å². The summed E-state index contributed by atoms with van der Waals surface area (Å²) in [6.45, 7) is 4.58. The van der Waals surface area contributed by atoms with Crippen molar-refractivity contribution >= 4 is 0 Å². The van der Waals surface area contributed by atoms with Gasteiger partial charge in [-0.05, 0) is 26.4 Å². The smallest absolute Gasteiger partial charge is 0.0648 e. The van der Waals surface area contributed by atoms with E-state index in [1.165, 1.54) is 25.8 Å². The van der Waals surface area contributed by atoms with Crippen LogP contribution in [-0.4, -0.2) is 60.3 Å². The van der Waals surface area contributed by atoms with Crippen LogP contribution in [0.1, 0.15) is 19.3 Å². The van der Waals surface area contributed by atoms with E-state index in [4.69, 9.17) is 0 Å². The van der Waals surface area contributed by atoms with E-state index < -0.39 is 0 Å². The van der Waals surface area contributed by atoms with Crippen LogP contribution in [0, 0.1) is 11.8 Å². The molecule has 3 heterocycles. The van der Waals surface area contributed by atoms with Crippen molar-refractivity contribution in [3.63, 3.8) is 0 Å². The summed E-state index contributed by atoms with van der Waals surface area (Å²) in [4.78, 5) is 5.06. The summed E-state index contributed by atoms with van der Waals surface area (Å²) in [6, 6.07) is 0.674. The second kappa shape index (κ2) is 3.72. The number of likely N-dealkylation sites (tertiary alicyclic amines) is 1. The van der Waals surface area contributed by atoms with Gasteiger partial charge in [0.25, 0.3) is 0 Å². The third-order valence-corrected chi connectivity index (χ3v) is 4.62. The highest BCUT2D eigenvalue weighted by Crippen LogP contribution is 2.37. The lowest BCUT2D eigenvalue weighted by Gasteiger charge is -2.54. The third kappa shape index (κ3) is 1.61. The maximum absolute atomic E-state index is 10.3. The topological polar surface area (TPSA) is 26.7 Å². The molecule has 86 valence electrons.